The molecule has 2 saturated heterocycles. The van der Waals surface area contributed by atoms with Crippen LogP contribution in [0.25, 0.3) is 0 Å². The van der Waals surface area contributed by atoms with Gasteiger partial charge < -0.3 is 5.32 Å². The SMILES string of the molecule is CN(C)S(=O)(=O)c1cccc(CN2CCN(C3CCNC3)CC2)c1. The highest BCUT2D eigenvalue weighted by Gasteiger charge is 2.26. The molecule has 2 heterocycles. The summed E-state index contributed by atoms with van der Waals surface area (Å²) in [5.41, 5.74) is 1.06. The summed E-state index contributed by atoms with van der Waals surface area (Å²) in [7, 11) is -0.223. The lowest BCUT2D eigenvalue weighted by Crippen LogP contribution is -2.50. The summed E-state index contributed by atoms with van der Waals surface area (Å²) in [4.78, 5) is 5.38. The van der Waals surface area contributed by atoms with Crippen molar-refractivity contribution in [3.8, 4) is 0 Å². The van der Waals surface area contributed by atoms with E-state index in [2.05, 4.69) is 15.1 Å². The number of piperazine rings is 1. The first-order chi connectivity index (χ1) is 11.5. The quantitative estimate of drug-likeness (QED) is 0.832. The molecule has 1 unspecified atom stereocenters. The molecule has 1 aromatic carbocycles. The maximum Gasteiger partial charge on any atom is 0.242 e. The molecule has 2 aliphatic heterocycles. The van der Waals surface area contributed by atoms with Crippen molar-refractivity contribution in [2.45, 2.75) is 23.9 Å². The first kappa shape index (κ1) is 17.8. The van der Waals surface area contributed by atoms with Crippen LogP contribution in [0.4, 0.5) is 0 Å². The van der Waals surface area contributed by atoms with E-state index in [1.807, 2.05) is 18.2 Å². The largest absolute Gasteiger partial charge is 0.315 e. The fraction of sp³-hybridized carbons (Fsp3) is 0.647. The fourth-order valence-electron chi connectivity index (χ4n) is 3.51. The molecule has 0 aliphatic carbocycles. The van der Waals surface area contributed by atoms with Crippen molar-refractivity contribution < 1.29 is 8.42 Å². The molecule has 0 spiro atoms. The van der Waals surface area contributed by atoms with Gasteiger partial charge in [0.1, 0.15) is 0 Å². The molecule has 1 N–H and O–H groups in total. The van der Waals surface area contributed by atoms with Gasteiger partial charge in [-0.2, -0.15) is 0 Å². The third-order valence-corrected chi connectivity index (χ3v) is 6.85. The van der Waals surface area contributed by atoms with Crippen molar-refractivity contribution in [3.05, 3.63) is 29.8 Å². The van der Waals surface area contributed by atoms with E-state index >= 15 is 0 Å². The lowest BCUT2D eigenvalue weighted by Gasteiger charge is -2.37. The van der Waals surface area contributed by atoms with Crippen molar-refractivity contribution >= 4 is 10.0 Å². The van der Waals surface area contributed by atoms with E-state index in [1.54, 1.807) is 20.2 Å². The minimum Gasteiger partial charge on any atom is -0.315 e. The lowest BCUT2D eigenvalue weighted by molar-refractivity contribution is 0.0981. The number of hydrogen-bond donors (Lipinski definition) is 1. The Hall–Kier alpha value is -0.990. The average molecular weight is 353 g/mol. The minimum absolute atomic E-state index is 0.376. The summed E-state index contributed by atoms with van der Waals surface area (Å²) in [6, 6.07) is 8.03. The molecule has 0 bridgehead atoms. The molecule has 2 aliphatic rings. The highest BCUT2D eigenvalue weighted by molar-refractivity contribution is 7.89. The second-order valence-corrected chi connectivity index (χ2v) is 9.05. The molecule has 0 amide bonds. The van der Waals surface area contributed by atoms with E-state index < -0.39 is 10.0 Å². The van der Waals surface area contributed by atoms with Gasteiger partial charge in [-0.15, -0.1) is 0 Å². The Morgan fingerprint density at radius 3 is 2.58 bits per heavy atom. The van der Waals surface area contributed by atoms with Crippen LogP contribution in [-0.4, -0.2) is 81.9 Å². The van der Waals surface area contributed by atoms with E-state index in [0.717, 1.165) is 51.4 Å². The van der Waals surface area contributed by atoms with Gasteiger partial charge in [-0.25, -0.2) is 12.7 Å². The van der Waals surface area contributed by atoms with E-state index in [-0.39, 0.29) is 0 Å². The van der Waals surface area contributed by atoms with Crippen molar-refractivity contribution in [2.24, 2.45) is 0 Å². The van der Waals surface area contributed by atoms with Gasteiger partial charge in [-0.05, 0) is 30.7 Å². The first-order valence-electron chi connectivity index (χ1n) is 8.65. The van der Waals surface area contributed by atoms with Crippen LogP contribution in [0.3, 0.4) is 0 Å². The van der Waals surface area contributed by atoms with Gasteiger partial charge in [0, 0.05) is 59.4 Å². The van der Waals surface area contributed by atoms with Gasteiger partial charge in [0.15, 0.2) is 0 Å². The lowest BCUT2D eigenvalue weighted by atomic mass is 10.1. The van der Waals surface area contributed by atoms with E-state index in [1.165, 1.54) is 10.7 Å². The summed E-state index contributed by atoms with van der Waals surface area (Å²) in [6.45, 7) is 7.35. The van der Waals surface area contributed by atoms with Gasteiger partial charge in [0.2, 0.25) is 10.0 Å². The first-order valence-corrected chi connectivity index (χ1v) is 10.1. The third kappa shape index (κ3) is 3.97. The smallest absolute Gasteiger partial charge is 0.242 e. The van der Waals surface area contributed by atoms with E-state index in [4.69, 9.17) is 0 Å². The highest BCUT2D eigenvalue weighted by atomic mass is 32.2. The van der Waals surface area contributed by atoms with Crippen molar-refractivity contribution in [2.75, 3.05) is 53.4 Å². The Balaban J connectivity index is 1.59. The Morgan fingerprint density at radius 1 is 1.21 bits per heavy atom. The van der Waals surface area contributed by atoms with Crippen LogP contribution >= 0.6 is 0 Å². The zero-order valence-electron chi connectivity index (χ0n) is 14.6. The molecule has 1 aromatic rings. The van der Waals surface area contributed by atoms with Crippen LogP contribution < -0.4 is 5.32 Å². The monoisotopic (exact) mass is 352 g/mol. The van der Waals surface area contributed by atoms with Gasteiger partial charge in [-0.3, -0.25) is 9.80 Å². The second kappa shape index (κ2) is 7.49. The van der Waals surface area contributed by atoms with Crippen LogP contribution in [-0.2, 0) is 16.6 Å². The third-order valence-electron chi connectivity index (χ3n) is 5.04. The van der Waals surface area contributed by atoms with Gasteiger partial charge in [0.05, 0.1) is 4.90 Å². The number of nitrogens with one attached hydrogen (secondary N) is 1. The molecule has 134 valence electrons. The Morgan fingerprint density at radius 2 is 1.96 bits per heavy atom. The normalized spacial score (nSPS) is 23.9. The summed E-state index contributed by atoms with van der Waals surface area (Å²) in [5.74, 6) is 0. The second-order valence-electron chi connectivity index (χ2n) is 6.89. The Labute approximate surface area is 145 Å². The molecule has 3 rings (SSSR count). The summed E-state index contributed by atoms with van der Waals surface area (Å²) in [5, 5.41) is 3.43. The van der Waals surface area contributed by atoms with E-state index in [0.29, 0.717) is 10.9 Å². The number of rotatable bonds is 5. The fourth-order valence-corrected chi connectivity index (χ4v) is 4.48. The zero-order valence-corrected chi connectivity index (χ0v) is 15.4. The van der Waals surface area contributed by atoms with Crippen LogP contribution in [0.5, 0.6) is 0 Å². The predicted octanol–water partition coefficient (Wildman–Crippen LogP) is 0.416. The Bertz CT molecular complexity index is 648. The highest BCUT2D eigenvalue weighted by Crippen LogP contribution is 2.18. The molecular formula is C17H28N4O2S. The molecule has 7 heteroatoms. The number of benzene rings is 1. The standard InChI is InChI=1S/C17H28N4O2S/c1-19(2)24(22,23)17-5-3-4-15(12-17)14-20-8-10-21(11-9-20)16-6-7-18-13-16/h3-5,12,16,18H,6-11,13-14H2,1-2H3. The predicted molar refractivity (Wildman–Crippen MR) is 95.4 cm³/mol. The molecule has 0 radical (unpaired) electrons. The summed E-state index contributed by atoms with van der Waals surface area (Å²) in [6.07, 6.45) is 1.25. The number of sulfonamides is 1. The minimum atomic E-state index is -3.36. The number of nitrogens with zero attached hydrogens (tertiary/aromatic N) is 3. The average Bonchev–Trinajstić information content (AvgIpc) is 3.10. The van der Waals surface area contributed by atoms with Gasteiger partial charge >= 0.3 is 0 Å². The maximum atomic E-state index is 12.3. The van der Waals surface area contributed by atoms with Crippen LogP contribution in [0, 0.1) is 0 Å². The topological polar surface area (TPSA) is 55.9 Å². The molecule has 0 aromatic heterocycles. The molecule has 24 heavy (non-hydrogen) atoms. The Kier molecular flexibility index (Phi) is 5.56. The molecule has 1 atom stereocenters. The molecular weight excluding hydrogens is 324 g/mol. The van der Waals surface area contributed by atoms with Crippen molar-refractivity contribution in [1.82, 2.24) is 19.4 Å². The van der Waals surface area contributed by atoms with Crippen LogP contribution in [0.15, 0.2) is 29.2 Å². The van der Waals surface area contributed by atoms with Gasteiger partial charge in [-0.1, -0.05) is 12.1 Å². The summed E-state index contributed by atoms with van der Waals surface area (Å²) < 4.78 is 25.8. The summed E-state index contributed by atoms with van der Waals surface area (Å²) >= 11 is 0. The van der Waals surface area contributed by atoms with Crippen LogP contribution in [0.1, 0.15) is 12.0 Å². The van der Waals surface area contributed by atoms with Gasteiger partial charge in [0.25, 0.3) is 0 Å². The molecule has 0 saturated carbocycles. The van der Waals surface area contributed by atoms with E-state index in [9.17, 15) is 8.42 Å². The van der Waals surface area contributed by atoms with Crippen molar-refractivity contribution in [3.63, 3.8) is 0 Å². The van der Waals surface area contributed by atoms with Crippen molar-refractivity contribution in [1.29, 1.82) is 0 Å². The zero-order chi connectivity index (χ0) is 17.2. The molecule has 6 nitrogen and oxygen atoms in total. The van der Waals surface area contributed by atoms with Crippen LogP contribution in [0.2, 0.25) is 0 Å². The maximum absolute atomic E-state index is 12.3. The molecule has 2 fully saturated rings. The number of hydrogen-bond acceptors (Lipinski definition) is 5.